The number of aryl methyl sites for hydroxylation is 1. The number of aromatic nitrogens is 2. The molecule has 0 radical (unpaired) electrons. The van der Waals surface area contributed by atoms with Crippen molar-refractivity contribution in [3.8, 4) is 0 Å². The van der Waals surface area contributed by atoms with Crippen LogP contribution in [0.2, 0.25) is 10.0 Å². The third-order valence-corrected chi connectivity index (χ3v) is 4.20. The first-order chi connectivity index (χ1) is 9.10. The molecule has 2 rings (SSSR count). The van der Waals surface area contributed by atoms with Gasteiger partial charge in [-0.2, -0.15) is 0 Å². The van der Waals surface area contributed by atoms with Crippen LogP contribution in [0, 0.1) is 6.92 Å². The minimum Gasteiger partial charge on any atom is -0.354 e. The molecule has 1 aromatic carbocycles. The Morgan fingerprint density at radius 1 is 1.26 bits per heavy atom. The lowest BCUT2D eigenvalue weighted by molar-refractivity contribution is 0.983. The van der Waals surface area contributed by atoms with Gasteiger partial charge in [0, 0.05) is 23.2 Å². The summed E-state index contributed by atoms with van der Waals surface area (Å²) < 4.78 is 0. The molecule has 0 spiro atoms. The fraction of sp³-hybridized carbons (Fsp3) is 0.231. The van der Waals surface area contributed by atoms with Crippen molar-refractivity contribution >= 4 is 40.9 Å². The van der Waals surface area contributed by atoms with Crippen molar-refractivity contribution in [3.63, 3.8) is 0 Å². The molecule has 0 aliphatic heterocycles. The zero-order chi connectivity index (χ0) is 13.8. The Morgan fingerprint density at radius 2 is 2.05 bits per heavy atom. The minimum atomic E-state index is 0.547. The van der Waals surface area contributed by atoms with Crippen LogP contribution in [-0.4, -0.2) is 16.5 Å². The van der Waals surface area contributed by atoms with Gasteiger partial charge in [-0.25, -0.2) is 9.97 Å². The summed E-state index contributed by atoms with van der Waals surface area (Å²) in [4.78, 5) is 9.69. The molecule has 2 aromatic rings. The van der Waals surface area contributed by atoms with Crippen molar-refractivity contribution in [3.05, 3.63) is 40.0 Å². The van der Waals surface area contributed by atoms with Crippen molar-refractivity contribution in [2.24, 2.45) is 0 Å². The highest BCUT2D eigenvalue weighted by molar-refractivity contribution is 7.99. The van der Waals surface area contributed by atoms with Gasteiger partial charge in [0.05, 0.1) is 10.0 Å². The Labute approximate surface area is 126 Å². The molecular formula is C13H13Cl2N3S. The first kappa shape index (κ1) is 14.4. The van der Waals surface area contributed by atoms with Crippen molar-refractivity contribution < 1.29 is 0 Å². The standard InChI is InChI=1S/C13H13Cl2N3S/c1-3-16-13-17-7-8(2)12(18-13)19-9-4-5-10(14)11(15)6-9/h4-7H,3H2,1-2H3,(H,16,17,18). The average Bonchev–Trinajstić information content (AvgIpc) is 2.38. The number of hydrogen-bond acceptors (Lipinski definition) is 4. The van der Waals surface area contributed by atoms with E-state index in [1.165, 1.54) is 0 Å². The fourth-order valence-corrected chi connectivity index (χ4v) is 2.67. The lowest BCUT2D eigenvalue weighted by Gasteiger charge is -2.08. The molecule has 6 heteroatoms. The number of benzene rings is 1. The largest absolute Gasteiger partial charge is 0.354 e. The zero-order valence-corrected chi connectivity index (χ0v) is 12.9. The van der Waals surface area contributed by atoms with Crippen LogP contribution in [0.4, 0.5) is 5.95 Å². The Balaban J connectivity index is 2.26. The van der Waals surface area contributed by atoms with E-state index in [0.717, 1.165) is 22.0 Å². The number of halogens is 2. The summed E-state index contributed by atoms with van der Waals surface area (Å²) >= 11 is 13.5. The van der Waals surface area contributed by atoms with Crippen LogP contribution >= 0.6 is 35.0 Å². The molecular weight excluding hydrogens is 301 g/mol. The first-order valence-electron chi connectivity index (χ1n) is 5.80. The smallest absolute Gasteiger partial charge is 0.223 e. The molecule has 0 unspecified atom stereocenters. The van der Waals surface area contributed by atoms with E-state index in [1.54, 1.807) is 17.8 Å². The van der Waals surface area contributed by atoms with Gasteiger partial charge in [0.15, 0.2) is 0 Å². The Morgan fingerprint density at radius 3 is 2.74 bits per heavy atom. The van der Waals surface area contributed by atoms with Gasteiger partial charge in [-0.1, -0.05) is 35.0 Å². The molecule has 0 aliphatic carbocycles. The second kappa shape index (κ2) is 6.46. The van der Waals surface area contributed by atoms with E-state index in [1.807, 2.05) is 32.2 Å². The average molecular weight is 314 g/mol. The quantitative estimate of drug-likeness (QED) is 0.832. The van der Waals surface area contributed by atoms with E-state index in [2.05, 4.69) is 15.3 Å². The molecule has 0 bridgehead atoms. The molecule has 0 saturated heterocycles. The molecule has 1 N–H and O–H groups in total. The van der Waals surface area contributed by atoms with Gasteiger partial charge in [-0.05, 0) is 32.0 Å². The van der Waals surface area contributed by atoms with Crippen molar-refractivity contribution in [2.75, 3.05) is 11.9 Å². The predicted octanol–water partition coefficient (Wildman–Crippen LogP) is 4.67. The van der Waals surface area contributed by atoms with E-state index < -0.39 is 0 Å². The molecule has 3 nitrogen and oxygen atoms in total. The van der Waals surface area contributed by atoms with Gasteiger partial charge >= 0.3 is 0 Å². The van der Waals surface area contributed by atoms with E-state index in [-0.39, 0.29) is 0 Å². The van der Waals surface area contributed by atoms with Crippen LogP contribution in [0.25, 0.3) is 0 Å². The Bertz CT molecular complexity index is 590. The summed E-state index contributed by atoms with van der Waals surface area (Å²) in [6, 6.07) is 5.55. The SMILES string of the molecule is CCNc1ncc(C)c(Sc2ccc(Cl)c(Cl)c2)n1. The lowest BCUT2D eigenvalue weighted by atomic mass is 10.4. The second-order valence-corrected chi connectivity index (χ2v) is 5.77. The van der Waals surface area contributed by atoms with E-state index >= 15 is 0 Å². The first-order valence-corrected chi connectivity index (χ1v) is 7.38. The number of rotatable bonds is 4. The zero-order valence-electron chi connectivity index (χ0n) is 10.6. The van der Waals surface area contributed by atoms with Gasteiger partial charge in [-0.3, -0.25) is 0 Å². The number of anilines is 1. The van der Waals surface area contributed by atoms with Crippen molar-refractivity contribution in [1.29, 1.82) is 0 Å². The highest BCUT2D eigenvalue weighted by Crippen LogP contribution is 2.33. The summed E-state index contributed by atoms with van der Waals surface area (Å²) in [5, 5.41) is 5.11. The van der Waals surface area contributed by atoms with Gasteiger partial charge in [-0.15, -0.1) is 0 Å². The normalized spacial score (nSPS) is 10.5. The van der Waals surface area contributed by atoms with E-state index in [4.69, 9.17) is 23.2 Å². The van der Waals surface area contributed by atoms with Crippen molar-refractivity contribution in [2.45, 2.75) is 23.8 Å². The van der Waals surface area contributed by atoms with Crippen molar-refractivity contribution in [1.82, 2.24) is 9.97 Å². The van der Waals surface area contributed by atoms with Crippen LogP contribution in [0.5, 0.6) is 0 Å². The third kappa shape index (κ3) is 3.75. The lowest BCUT2D eigenvalue weighted by Crippen LogP contribution is -2.03. The van der Waals surface area contributed by atoms with Gasteiger partial charge in [0.2, 0.25) is 5.95 Å². The number of nitrogens with zero attached hydrogens (tertiary/aromatic N) is 2. The Kier molecular flexibility index (Phi) is 4.91. The van der Waals surface area contributed by atoms with Crippen LogP contribution in [-0.2, 0) is 0 Å². The van der Waals surface area contributed by atoms with E-state index in [9.17, 15) is 0 Å². The third-order valence-electron chi connectivity index (χ3n) is 2.37. The maximum Gasteiger partial charge on any atom is 0.223 e. The molecule has 1 heterocycles. The van der Waals surface area contributed by atoms with Crippen LogP contribution in [0.3, 0.4) is 0 Å². The van der Waals surface area contributed by atoms with Gasteiger partial charge in [0.25, 0.3) is 0 Å². The second-order valence-electron chi connectivity index (χ2n) is 3.89. The summed E-state index contributed by atoms with van der Waals surface area (Å²) in [6.45, 7) is 4.78. The molecule has 1 aromatic heterocycles. The minimum absolute atomic E-state index is 0.547. The number of hydrogen-bond donors (Lipinski definition) is 1. The van der Waals surface area contributed by atoms with Crippen LogP contribution in [0.1, 0.15) is 12.5 Å². The molecule has 0 amide bonds. The summed E-state index contributed by atoms with van der Waals surface area (Å²) in [5.41, 5.74) is 1.03. The highest BCUT2D eigenvalue weighted by atomic mass is 35.5. The fourth-order valence-electron chi connectivity index (χ4n) is 1.42. The predicted molar refractivity (Wildman–Crippen MR) is 81.5 cm³/mol. The molecule has 100 valence electrons. The molecule has 19 heavy (non-hydrogen) atoms. The van der Waals surface area contributed by atoms with Gasteiger partial charge < -0.3 is 5.32 Å². The maximum atomic E-state index is 6.01. The summed E-state index contributed by atoms with van der Waals surface area (Å²) in [6.07, 6.45) is 1.81. The monoisotopic (exact) mass is 313 g/mol. The summed E-state index contributed by atoms with van der Waals surface area (Å²) in [5.74, 6) is 0.635. The number of nitrogens with one attached hydrogen (secondary N) is 1. The topological polar surface area (TPSA) is 37.8 Å². The molecule has 0 aliphatic rings. The maximum absolute atomic E-state index is 6.01. The van der Waals surface area contributed by atoms with Gasteiger partial charge in [0.1, 0.15) is 5.03 Å². The van der Waals surface area contributed by atoms with Crippen LogP contribution < -0.4 is 5.32 Å². The van der Waals surface area contributed by atoms with Crippen LogP contribution in [0.15, 0.2) is 34.3 Å². The highest BCUT2D eigenvalue weighted by Gasteiger charge is 2.07. The molecule has 0 fully saturated rings. The molecule has 0 atom stereocenters. The summed E-state index contributed by atoms with van der Waals surface area (Å²) in [7, 11) is 0. The molecule has 0 saturated carbocycles. The van der Waals surface area contributed by atoms with E-state index in [0.29, 0.717) is 16.0 Å². The Hall–Kier alpha value is -0.970.